The third-order valence-corrected chi connectivity index (χ3v) is 5.79. The van der Waals surface area contributed by atoms with Crippen molar-refractivity contribution in [2.75, 3.05) is 5.32 Å². The first-order chi connectivity index (χ1) is 13.3. The Labute approximate surface area is 165 Å². The average molecular weight is 392 g/mol. The summed E-state index contributed by atoms with van der Waals surface area (Å²) in [5, 5.41) is 6.37. The van der Waals surface area contributed by atoms with Gasteiger partial charge in [-0.2, -0.15) is 0 Å². The van der Waals surface area contributed by atoms with Gasteiger partial charge in [0.25, 0.3) is 0 Å². The van der Waals surface area contributed by atoms with E-state index in [1.807, 2.05) is 60.1 Å². The van der Waals surface area contributed by atoms with Gasteiger partial charge >= 0.3 is 0 Å². The predicted octanol–water partition coefficient (Wildman–Crippen LogP) is 5.04. The van der Waals surface area contributed by atoms with Crippen molar-refractivity contribution in [3.63, 3.8) is 0 Å². The second-order valence-corrected chi connectivity index (χ2v) is 8.00. The molecule has 4 nitrogen and oxygen atoms in total. The number of hydrogen-bond donors (Lipinski definition) is 1. The number of hydrogen-bond acceptors (Lipinski definition) is 5. The number of amides is 1. The molecule has 0 aliphatic rings. The van der Waals surface area contributed by atoms with Gasteiger partial charge in [0.05, 0.1) is 12.1 Å². The molecule has 0 spiro atoms. The van der Waals surface area contributed by atoms with Crippen LogP contribution in [-0.2, 0) is 17.6 Å². The maximum absolute atomic E-state index is 12.3. The molecule has 0 atom stereocenters. The van der Waals surface area contributed by atoms with Crippen LogP contribution in [0, 0.1) is 0 Å². The molecule has 0 saturated carbocycles. The standard InChI is InChI=1S/C21H17N3OS2/c25-19(12-17-14-26-20(23-17)16-9-5-2-6-10-16)24-21-22-13-18(27-21)11-15-7-3-1-4-8-15/h1-10,13-14H,11-12H2,(H,22,24,25). The Bertz CT molecular complexity index is 1030. The van der Waals surface area contributed by atoms with Gasteiger partial charge in [-0.05, 0) is 5.56 Å². The third-order valence-electron chi connectivity index (χ3n) is 3.94. The molecule has 1 N–H and O–H groups in total. The molecule has 0 saturated heterocycles. The zero-order chi connectivity index (χ0) is 18.5. The summed E-state index contributed by atoms with van der Waals surface area (Å²) in [5.74, 6) is -0.0967. The number of carbonyl (C=O) groups is 1. The number of nitrogens with one attached hydrogen (secondary N) is 1. The predicted molar refractivity (Wildman–Crippen MR) is 111 cm³/mol. The molecule has 0 unspecified atom stereocenters. The van der Waals surface area contributed by atoms with E-state index in [1.165, 1.54) is 16.9 Å². The van der Waals surface area contributed by atoms with E-state index in [0.717, 1.165) is 27.6 Å². The maximum Gasteiger partial charge on any atom is 0.232 e. The van der Waals surface area contributed by atoms with Crippen molar-refractivity contribution in [3.05, 3.63) is 88.4 Å². The van der Waals surface area contributed by atoms with Crippen LogP contribution in [0.15, 0.2) is 72.2 Å². The molecule has 0 radical (unpaired) electrons. The van der Waals surface area contributed by atoms with Gasteiger partial charge in [-0.3, -0.25) is 4.79 Å². The number of nitrogens with zero attached hydrogens (tertiary/aromatic N) is 2. The minimum Gasteiger partial charge on any atom is -0.302 e. The summed E-state index contributed by atoms with van der Waals surface area (Å²) < 4.78 is 0. The van der Waals surface area contributed by atoms with Crippen molar-refractivity contribution >= 4 is 33.7 Å². The zero-order valence-corrected chi connectivity index (χ0v) is 16.1. The van der Waals surface area contributed by atoms with E-state index < -0.39 is 0 Å². The Morgan fingerprint density at radius 2 is 1.74 bits per heavy atom. The monoisotopic (exact) mass is 391 g/mol. The maximum atomic E-state index is 12.3. The Morgan fingerprint density at radius 3 is 2.52 bits per heavy atom. The molecule has 2 aromatic carbocycles. The van der Waals surface area contributed by atoms with Crippen LogP contribution >= 0.6 is 22.7 Å². The van der Waals surface area contributed by atoms with E-state index in [4.69, 9.17) is 0 Å². The van der Waals surface area contributed by atoms with Crippen LogP contribution in [0.5, 0.6) is 0 Å². The second-order valence-electron chi connectivity index (χ2n) is 6.03. The first-order valence-corrected chi connectivity index (χ1v) is 10.2. The molecule has 0 aliphatic carbocycles. The lowest BCUT2D eigenvalue weighted by molar-refractivity contribution is -0.115. The van der Waals surface area contributed by atoms with Gasteiger partial charge < -0.3 is 5.32 Å². The first kappa shape index (κ1) is 17.6. The van der Waals surface area contributed by atoms with E-state index in [0.29, 0.717) is 5.13 Å². The molecule has 0 bridgehead atoms. The van der Waals surface area contributed by atoms with Crippen molar-refractivity contribution in [2.45, 2.75) is 12.8 Å². The molecule has 2 aromatic heterocycles. The Balaban J connectivity index is 1.35. The third kappa shape index (κ3) is 4.67. The number of anilines is 1. The minimum atomic E-state index is -0.0967. The number of aromatic nitrogens is 2. The topological polar surface area (TPSA) is 54.9 Å². The summed E-state index contributed by atoms with van der Waals surface area (Å²) in [6, 6.07) is 20.2. The van der Waals surface area contributed by atoms with Gasteiger partial charge in [0.15, 0.2) is 5.13 Å². The van der Waals surface area contributed by atoms with Crippen LogP contribution in [-0.4, -0.2) is 15.9 Å². The highest BCUT2D eigenvalue weighted by Gasteiger charge is 2.11. The number of benzene rings is 2. The molecule has 4 aromatic rings. The number of thiazole rings is 2. The minimum absolute atomic E-state index is 0.0967. The Kier molecular flexibility index (Phi) is 5.37. The smallest absolute Gasteiger partial charge is 0.232 e. The van der Waals surface area contributed by atoms with Gasteiger partial charge in [0.1, 0.15) is 5.01 Å². The Hall–Kier alpha value is -2.83. The van der Waals surface area contributed by atoms with Crippen molar-refractivity contribution in [3.8, 4) is 10.6 Å². The molecule has 0 fully saturated rings. The quantitative estimate of drug-likeness (QED) is 0.501. The molecule has 6 heteroatoms. The fourth-order valence-corrected chi connectivity index (χ4v) is 4.36. The van der Waals surface area contributed by atoms with Crippen LogP contribution < -0.4 is 5.32 Å². The zero-order valence-electron chi connectivity index (χ0n) is 14.5. The summed E-state index contributed by atoms with van der Waals surface area (Å²) in [7, 11) is 0. The van der Waals surface area contributed by atoms with Crippen molar-refractivity contribution in [1.29, 1.82) is 0 Å². The molecule has 27 heavy (non-hydrogen) atoms. The highest BCUT2D eigenvalue weighted by Crippen LogP contribution is 2.24. The molecule has 1 amide bonds. The Morgan fingerprint density at radius 1 is 1.00 bits per heavy atom. The molecule has 134 valence electrons. The van der Waals surface area contributed by atoms with Crippen molar-refractivity contribution < 1.29 is 4.79 Å². The fraction of sp³-hybridized carbons (Fsp3) is 0.0952. The molecular formula is C21H17N3OS2. The van der Waals surface area contributed by atoms with Gasteiger partial charge in [-0.15, -0.1) is 22.7 Å². The lowest BCUT2D eigenvalue weighted by Gasteiger charge is -1.99. The van der Waals surface area contributed by atoms with Gasteiger partial charge in [-0.1, -0.05) is 60.7 Å². The lowest BCUT2D eigenvalue weighted by atomic mass is 10.1. The summed E-state index contributed by atoms with van der Waals surface area (Å²) in [5.41, 5.74) is 3.08. The summed E-state index contributed by atoms with van der Waals surface area (Å²) >= 11 is 3.06. The van der Waals surface area contributed by atoms with E-state index in [9.17, 15) is 4.79 Å². The van der Waals surface area contributed by atoms with Crippen LogP contribution in [0.3, 0.4) is 0 Å². The average Bonchev–Trinajstić information content (AvgIpc) is 3.33. The molecule has 0 aliphatic heterocycles. The van der Waals surface area contributed by atoms with Crippen LogP contribution in [0.25, 0.3) is 10.6 Å². The van der Waals surface area contributed by atoms with Gasteiger partial charge in [-0.25, -0.2) is 9.97 Å². The summed E-state index contributed by atoms with van der Waals surface area (Å²) in [6.07, 6.45) is 2.89. The highest BCUT2D eigenvalue weighted by molar-refractivity contribution is 7.15. The summed E-state index contributed by atoms with van der Waals surface area (Å²) in [6.45, 7) is 0. The van der Waals surface area contributed by atoms with Crippen molar-refractivity contribution in [2.24, 2.45) is 0 Å². The number of rotatable bonds is 6. The normalized spacial score (nSPS) is 10.7. The van der Waals surface area contributed by atoms with Crippen LogP contribution in [0.1, 0.15) is 16.1 Å². The van der Waals surface area contributed by atoms with E-state index in [-0.39, 0.29) is 12.3 Å². The van der Waals surface area contributed by atoms with E-state index in [2.05, 4.69) is 27.4 Å². The molecule has 4 rings (SSSR count). The SMILES string of the molecule is O=C(Cc1csc(-c2ccccc2)n1)Nc1ncc(Cc2ccccc2)s1. The van der Waals surface area contributed by atoms with Crippen LogP contribution in [0.2, 0.25) is 0 Å². The lowest BCUT2D eigenvalue weighted by Crippen LogP contribution is -2.14. The molecular weight excluding hydrogens is 374 g/mol. The van der Waals surface area contributed by atoms with Crippen LogP contribution in [0.4, 0.5) is 5.13 Å². The van der Waals surface area contributed by atoms with Crippen molar-refractivity contribution in [1.82, 2.24) is 9.97 Å². The first-order valence-electron chi connectivity index (χ1n) is 8.54. The van der Waals surface area contributed by atoms with E-state index in [1.54, 1.807) is 11.3 Å². The second kappa shape index (κ2) is 8.24. The van der Waals surface area contributed by atoms with Gasteiger partial charge in [0, 0.05) is 28.4 Å². The van der Waals surface area contributed by atoms with Gasteiger partial charge in [0.2, 0.25) is 5.91 Å². The fourth-order valence-electron chi connectivity index (χ4n) is 2.67. The summed E-state index contributed by atoms with van der Waals surface area (Å²) in [4.78, 5) is 22.3. The largest absolute Gasteiger partial charge is 0.302 e. The number of carbonyl (C=O) groups excluding carboxylic acids is 1. The van der Waals surface area contributed by atoms with E-state index >= 15 is 0 Å². The highest BCUT2D eigenvalue weighted by atomic mass is 32.1. The molecule has 2 heterocycles.